The van der Waals surface area contributed by atoms with Crippen molar-refractivity contribution in [2.24, 2.45) is 5.73 Å². The molecule has 0 fully saturated rings. The number of nitrogens with one attached hydrogen (secondary N) is 1. The highest BCUT2D eigenvalue weighted by Crippen LogP contribution is 2.30. The number of alkyl halides is 3. The predicted octanol–water partition coefficient (Wildman–Crippen LogP) is 3.11. The average molecular weight is 329 g/mol. The third-order valence-corrected chi connectivity index (χ3v) is 3.89. The largest absolute Gasteiger partial charge is 0.416 e. The van der Waals surface area contributed by atoms with E-state index >= 15 is 0 Å². The molecule has 1 heterocycles. The van der Waals surface area contributed by atoms with Crippen LogP contribution in [0.2, 0.25) is 0 Å². The minimum Gasteiger partial charge on any atom is -0.344 e. The summed E-state index contributed by atoms with van der Waals surface area (Å²) in [6.45, 7) is 1.85. The van der Waals surface area contributed by atoms with Crippen LogP contribution < -0.4 is 11.1 Å². The van der Waals surface area contributed by atoms with Crippen LogP contribution in [-0.2, 0) is 12.7 Å². The van der Waals surface area contributed by atoms with E-state index < -0.39 is 23.7 Å². The number of carbonyl (C=O) groups is 1. The van der Waals surface area contributed by atoms with E-state index in [2.05, 4.69) is 10.3 Å². The highest BCUT2D eigenvalue weighted by Gasteiger charge is 2.30. The number of hydrogen-bond donors (Lipinski definition) is 2. The molecule has 0 aliphatic rings. The lowest BCUT2D eigenvalue weighted by Crippen LogP contribution is -2.27. The molecule has 2 aromatic rings. The monoisotopic (exact) mass is 329 g/mol. The minimum absolute atomic E-state index is 0.212. The molecule has 0 saturated carbocycles. The molecule has 0 aliphatic carbocycles. The Hall–Kier alpha value is -1.93. The van der Waals surface area contributed by atoms with Crippen molar-refractivity contribution in [1.29, 1.82) is 0 Å². The zero-order valence-corrected chi connectivity index (χ0v) is 12.5. The van der Waals surface area contributed by atoms with E-state index in [9.17, 15) is 18.0 Å². The molecule has 3 N–H and O–H groups in total. The first kappa shape index (κ1) is 16.4. The molecule has 1 atom stereocenters. The van der Waals surface area contributed by atoms with Crippen molar-refractivity contribution in [1.82, 2.24) is 10.3 Å². The summed E-state index contributed by atoms with van der Waals surface area (Å²) in [7, 11) is 0. The number of nitrogens with two attached hydrogens (primary N) is 1. The molecule has 0 bridgehead atoms. The smallest absolute Gasteiger partial charge is 0.344 e. The topological polar surface area (TPSA) is 68.0 Å². The van der Waals surface area contributed by atoms with Crippen LogP contribution in [0.5, 0.6) is 0 Å². The van der Waals surface area contributed by atoms with Crippen molar-refractivity contribution in [3.63, 3.8) is 0 Å². The van der Waals surface area contributed by atoms with Gasteiger partial charge in [0.1, 0.15) is 10.7 Å². The first-order chi connectivity index (χ1) is 10.3. The van der Waals surface area contributed by atoms with E-state index in [-0.39, 0.29) is 12.2 Å². The first-order valence-electron chi connectivity index (χ1n) is 6.43. The van der Waals surface area contributed by atoms with E-state index in [1.165, 1.54) is 23.5 Å². The third-order valence-electron chi connectivity index (χ3n) is 3.02. The Balaban J connectivity index is 2.11. The lowest BCUT2D eigenvalue weighted by Gasteiger charge is -2.15. The number of thiazole rings is 1. The van der Waals surface area contributed by atoms with E-state index in [1.807, 2.05) is 0 Å². The van der Waals surface area contributed by atoms with Crippen molar-refractivity contribution in [2.75, 3.05) is 0 Å². The molecular formula is C14H14F3N3OS. The highest BCUT2D eigenvalue weighted by molar-refractivity contribution is 7.09. The van der Waals surface area contributed by atoms with E-state index in [4.69, 9.17) is 5.73 Å². The maximum atomic E-state index is 12.7. The predicted molar refractivity (Wildman–Crippen MR) is 77.3 cm³/mol. The highest BCUT2D eigenvalue weighted by atomic mass is 32.1. The Morgan fingerprint density at radius 2 is 2.18 bits per heavy atom. The average Bonchev–Trinajstić information content (AvgIpc) is 2.95. The Morgan fingerprint density at radius 1 is 1.45 bits per heavy atom. The minimum atomic E-state index is -4.41. The molecule has 118 valence electrons. The summed E-state index contributed by atoms with van der Waals surface area (Å²) < 4.78 is 38.1. The SMILES string of the molecule is CC(NC(=O)c1csc(CN)n1)c1cccc(C(F)(F)F)c1. The number of hydrogen-bond acceptors (Lipinski definition) is 4. The second kappa shape index (κ2) is 6.45. The Bertz CT molecular complexity index is 669. The van der Waals surface area contributed by atoms with E-state index in [0.29, 0.717) is 10.6 Å². The van der Waals surface area contributed by atoms with Gasteiger partial charge in [0, 0.05) is 11.9 Å². The van der Waals surface area contributed by atoms with Crippen molar-refractivity contribution in [2.45, 2.75) is 25.7 Å². The van der Waals surface area contributed by atoms with Crippen LogP contribution in [-0.4, -0.2) is 10.9 Å². The standard InChI is InChI=1S/C14H14F3N3OS/c1-8(9-3-2-4-10(5-9)14(15,16)17)19-13(21)11-7-22-12(6-18)20-11/h2-5,7-8H,6,18H2,1H3,(H,19,21). The molecule has 8 heteroatoms. The van der Waals surface area contributed by atoms with Crippen LogP contribution in [0.1, 0.15) is 39.6 Å². The molecular weight excluding hydrogens is 315 g/mol. The number of halogens is 3. The van der Waals surface area contributed by atoms with Crippen LogP contribution in [0, 0.1) is 0 Å². The summed E-state index contributed by atoms with van der Waals surface area (Å²) in [4.78, 5) is 16.0. The van der Waals surface area contributed by atoms with Gasteiger partial charge in [-0.3, -0.25) is 4.79 Å². The number of carbonyl (C=O) groups excluding carboxylic acids is 1. The third kappa shape index (κ3) is 3.83. The van der Waals surface area contributed by atoms with Crippen LogP contribution in [0.4, 0.5) is 13.2 Å². The Kier molecular flexibility index (Phi) is 4.82. The normalized spacial score (nSPS) is 13.0. The molecule has 2 rings (SSSR count). The van der Waals surface area contributed by atoms with Gasteiger partial charge in [-0.05, 0) is 24.6 Å². The number of benzene rings is 1. The lowest BCUT2D eigenvalue weighted by atomic mass is 10.0. The molecule has 1 amide bonds. The van der Waals surface area contributed by atoms with Gasteiger partial charge in [0.2, 0.25) is 0 Å². The fourth-order valence-corrected chi connectivity index (χ4v) is 2.50. The summed E-state index contributed by atoms with van der Waals surface area (Å²) in [6.07, 6.45) is -4.41. The molecule has 22 heavy (non-hydrogen) atoms. The van der Waals surface area contributed by atoms with Gasteiger partial charge in [-0.25, -0.2) is 4.98 Å². The molecule has 0 spiro atoms. The zero-order valence-electron chi connectivity index (χ0n) is 11.6. The molecule has 4 nitrogen and oxygen atoms in total. The van der Waals surface area contributed by atoms with Crippen LogP contribution >= 0.6 is 11.3 Å². The van der Waals surface area contributed by atoms with E-state index in [0.717, 1.165) is 12.1 Å². The molecule has 1 unspecified atom stereocenters. The second-order valence-corrected chi connectivity index (χ2v) is 5.59. The maximum absolute atomic E-state index is 12.7. The van der Waals surface area contributed by atoms with Crippen LogP contribution in [0.25, 0.3) is 0 Å². The maximum Gasteiger partial charge on any atom is 0.416 e. The van der Waals surface area contributed by atoms with Crippen molar-refractivity contribution in [3.05, 3.63) is 51.5 Å². The number of amides is 1. The van der Waals surface area contributed by atoms with Gasteiger partial charge in [-0.1, -0.05) is 12.1 Å². The van der Waals surface area contributed by atoms with Gasteiger partial charge in [0.15, 0.2) is 0 Å². The number of nitrogens with zero attached hydrogens (tertiary/aromatic N) is 1. The molecule has 0 saturated heterocycles. The number of rotatable bonds is 4. The summed E-state index contributed by atoms with van der Waals surface area (Å²) in [5, 5.41) is 4.81. The van der Waals surface area contributed by atoms with Gasteiger partial charge in [0.05, 0.1) is 11.6 Å². The molecule has 1 aromatic heterocycles. The summed E-state index contributed by atoms with van der Waals surface area (Å²) in [5.74, 6) is -0.444. The van der Waals surface area contributed by atoms with Gasteiger partial charge >= 0.3 is 6.18 Å². The van der Waals surface area contributed by atoms with Crippen molar-refractivity contribution < 1.29 is 18.0 Å². The van der Waals surface area contributed by atoms with Gasteiger partial charge in [0.25, 0.3) is 5.91 Å². The number of aromatic nitrogens is 1. The molecule has 0 aliphatic heterocycles. The van der Waals surface area contributed by atoms with Crippen molar-refractivity contribution in [3.8, 4) is 0 Å². The van der Waals surface area contributed by atoms with Crippen LogP contribution in [0.3, 0.4) is 0 Å². The fourth-order valence-electron chi connectivity index (χ4n) is 1.85. The fraction of sp³-hybridized carbons (Fsp3) is 0.286. The van der Waals surface area contributed by atoms with E-state index in [1.54, 1.807) is 12.3 Å². The van der Waals surface area contributed by atoms with Gasteiger partial charge < -0.3 is 11.1 Å². The van der Waals surface area contributed by atoms with Gasteiger partial charge in [-0.15, -0.1) is 11.3 Å². The summed E-state index contributed by atoms with van der Waals surface area (Å²) in [5.41, 5.74) is 5.26. The van der Waals surface area contributed by atoms with Crippen LogP contribution in [0.15, 0.2) is 29.6 Å². The quantitative estimate of drug-likeness (QED) is 0.905. The first-order valence-corrected chi connectivity index (χ1v) is 7.31. The summed E-state index contributed by atoms with van der Waals surface area (Å²) in [6, 6.07) is 4.30. The molecule has 1 aromatic carbocycles. The Morgan fingerprint density at radius 3 is 2.77 bits per heavy atom. The van der Waals surface area contributed by atoms with Crippen molar-refractivity contribution >= 4 is 17.2 Å². The summed E-state index contributed by atoms with van der Waals surface area (Å²) >= 11 is 1.26. The zero-order chi connectivity index (χ0) is 16.3. The second-order valence-electron chi connectivity index (χ2n) is 4.65. The van der Waals surface area contributed by atoms with Gasteiger partial charge in [-0.2, -0.15) is 13.2 Å². The lowest BCUT2D eigenvalue weighted by molar-refractivity contribution is -0.137. The molecule has 0 radical (unpaired) electrons. The Labute approximate surface area is 129 Å².